The first-order valence-corrected chi connectivity index (χ1v) is 4.11. The number of rotatable bonds is 3. The molecule has 0 rings (SSSR count). The molecule has 0 bridgehead atoms. The van der Waals surface area contributed by atoms with Gasteiger partial charge in [0.05, 0.1) is 11.7 Å². The molecule has 0 aromatic carbocycles. The Morgan fingerprint density at radius 2 is 1.82 bits per heavy atom. The first-order chi connectivity index (χ1) is 5.07. The van der Waals surface area contributed by atoms with E-state index in [2.05, 4.69) is 31.0 Å². The summed E-state index contributed by atoms with van der Waals surface area (Å²) in [6, 6.07) is 0.324. The highest BCUT2D eigenvalue weighted by Gasteiger charge is 2.03. The van der Waals surface area contributed by atoms with Crippen molar-refractivity contribution in [1.82, 2.24) is 0 Å². The molecule has 0 heterocycles. The summed E-state index contributed by atoms with van der Waals surface area (Å²) in [4.78, 5) is 0. The molecule has 0 aromatic heterocycles. The second-order valence-corrected chi connectivity index (χ2v) is 3.13. The topological polar surface area (TPSA) is 24.7 Å². The van der Waals surface area contributed by atoms with E-state index in [-0.39, 0.29) is 0 Å². The van der Waals surface area contributed by atoms with Gasteiger partial charge >= 0.3 is 0 Å². The molecule has 0 saturated heterocycles. The fourth-order valence-corrected chi connectivity index (χ4v) is 0.373. The Balaban J connectivity index is 3.93. The van der Waals surface area contributed by atoms with Crippen LogP contribution in [-0.4, -0.2) is 6.04 Å². The summed E-state index contributed by atoms with van der Waals surface area (Å²) >= 11 is 0. The van der Waals surface area contributed by atoms with Gasteiger partial charge in [0, 0.05) is 0 Å². The predicted octanol–water partition coefficient (Wildman–Crippen LogP) is 3.41. The lowest BCUT2D eigenvalue weighted by Gasteiger charge is -2.07. The van der Waals surface area contributed by atoms with E-state index < -0.39 is 0 Å². The summed E-state index contributed by atoms with van der Waals surface area (Å²) in [6.45, 7) is 10.3. The van der Waals surface area contributed by atoms with Crippen LogP contribution in [0.2, 0.25) is 0 Å². The van der Waals surface area contributed by atoms with Gasteiger partial charge in [0.1, 0.15) is 0 Å². The Morgan fingerprint density at radius 1 is 1.27 bits per heavy atom. The van der Waals surface area contributed by atoms with E-state index in [0.717, 1.165) is 5.70 Å². The fourth-order valence-electron chi connectivity index (χ4n) is 0.373. The molecule has 1 atom stereocenters. The first-order valence-electron chi connectivity index (χ1n) is 4.11. The van der Waals surface area contributed by atoms with Crippen LogP contribution in [-0.2, 0) is 0 Å². The van der Waals surface area contributed by atoms with Crippen molar-refractivity contribution in [2.75, 3.05) is 0 Å². The largest absolute Gasteiger partial charge is 0.186 e. The summed E-state index contributed by atoms with van der Waals surface area (Å²) < 4.78 is 0. The lowest BCUT2D eigenvalue weighted by molar-refractivity contribution is 0.511. The van der Waals surface area contributed by atoms with Crippen LogP contribution in [0.1, 0.15) is 34.6 Å². The van der Waals surface area contributed by atoms with Gasteiger partial charge in [0.25, 0.3) is 0 Å². The number of allylic oxidation sites excluding steroid dienone is 2. The molecule has 0 saturated carbocycles. The smallest absolute Gasteiger partial charge is 0.0707 e. The molecule has 0 N–H and O–H groups in total. The Hall–Kier alpha value is -0.660. The van der Waals surface area contributed by atoms with Crippen molar-refractivity contribution in [3.63, 3.8) is 0 Å². The molecule has 0 aliphatic heterocycles. The van der Waals surface area contributed by atoms with Crippen LogP contribution in [0, 0.1) is 5.92 Å². The minimum Gasteiger partial charge on any atom is -0.186 e. The maximum absolute atomic E-state index is 4.15. The third-order valence-electron chi connectivity index (χ3n) is 1.78. The van der Waals surface area contributed by atoms with Crippen LogP contribution in [0.4, 0.5) is 0 Å². The molecular weight excluding hydrogens is 136 g/mol. The first kappa shape index (κ1) is 10.3. The lowest BCUT2D eigenvalue weighted by atomic mass is 10.1. The van der Waals surface area contributed by atoms with Crippen molar-refractivity contribution < 1.29 is 0 Å². The third kappa shape index (κ3) is 4.71. The zero-order valence-electron chi connectivity index (χ0n) is 8.13. The highest BCUT2D eigenvalue weighted by molar-refractivity contribution is 4.91. The van der Waals surface area contributed by atoms with Gasteiger partial charge in [-0.25, -0.2) is 0 Å². The average molecular weight is 154 g/mol. The molecule has 64 valence electrons. The summed E-state index contributed by atoms with van der Waals surface area (Å²) in [5.74, 6) is 0.573. The molecule has 0 spiro atoms. The van der Waals surface area contributed by atoms with Crippen LogP contribution in [0.3, 0.4) is 0 Å². The molecule has 0 aliphatic rings. The van der Waals surface area contributed by atoms with Crippen molar-refractivity contribution in [1.29, 1.82) is 0 Å². The Bertz CT molecular complexity index is 157. The van der Waals surface area contributed by atoms with Gasteiger partial charge < -0.3 is 0 Å². The molecule has 2 nitrogen and oxygen atoms in total. The Kier molecular flexibility index (Phi) is 4.75. The van der Waals surface area contributed by atoms with Gasteiger partial charge in [-0.15, -0.1) is 0 Å². The SMILES string of the molecule is C/C=C(C)\N=N/C(C)C(C)C. The van der Waals surface area contributed by atoms with Crippen LogP contribution >= 0.6 is 0 Å². The van der Waals surface area contributed by atoms with E-state index in [1.54, 1.807) is 0 Å². The minimum absolute atomic E-state index is 0.324. The van der Waals surface area contributed by atoms with Gasteiger partial charge in [0.15, 0.2) is 0 Å². The maximum Gasteiger partial charge on any atom is 0.0707 e. The summed E-state index contributed by atoms with van der Waals surface area (Å²) in [5.41, 5.74) is 0.984. The number of hydrogen-bond donors (Lipinski definition) is 0. The van der Waals surface area contributed by atoms with E-state index in [0.29, 0.717) is 12.0 Å². The summed E-state index contributed by atoms with van der Waals surface area (Å²) in [6.07, 6.45) is 1.95. The normalized spacial score (nSPS) is 16.4. The van der Waals surface area contributed by atoms with Crippen LogP contribution in [0.15, 0.2) is 22.0 Å². The predicted molar refractivity (Wildman–Crippen MR) is 48.6 cm³/mol. The number of azo groups is 1. The van der Waals surface area contributed by atoms with Crippen molar-refractivity contribution in [2.45, 2.75) is 40.7 Å². The molecule has 0 fully saturated rings. The molecule has 0 aromatic rings. The zero-order valence-corrected chi connectivity index (χ0v) is 8.13. The Morgan fingerprint density at radius 3 is 2.18 bits per heavy atom. The highest BCUT2D eigenvalue weighted by atomic mass is 15.1. The average Bonchev–Trinajstić information content (AvgIpc) is 1.99. The van der Waals surface area contributed by atoms with Crippen molar-refractivity contribution >= 4 is 0 Å². The van der Waals surface area contributed by atoms with Gasteiger partial charge in [-0.05, 0) is 26.7 Å². The van der Waals surface area contributed by atoms with E-state index >= 15 is 0 Å². The van der Waals surface area contributed by atoms with Gasteiger partial charge in [-0.3, -0.25) is 0 Å². The van der Waals surface area contributed by atoms with Gasteiger partial charge in [0.2, 0.25) is 0 Å². The monoisotopic (exact) mass is 154 g/mol. The minimum atomic E-state index is 0.324. The lowest BCUT2D eigenvalue weighted by Crippen LogP contribution is -2.05. The van der Waals surface area contributed by atoms with Crippen LogP contribution < -0.4 is 0 Å². The molecule has 2 heteroatoms. The number of hydrogen-bond acceptors (Lipinski definition) is 2. The second kappa shape index (κ2) is 5.05. The number of nitrogens with zero attached hydrogens (tertiary/aromatic N) is 2. The molecule has 11 heavy (non-hydrogen) atoms. The molecular formula is C9H18N2. The molecule has 1 unspecified atom stereocenters. The Labute approximate surface area is 69.4 Å². The summed E-state index contributed by atoms with van der Waals surface area (Å²) in [5, 5.41) is 8.20. The van der Waals surface area contributed by atoms with Crippen molar-refractivity contribution in [3.8, 4) is 0 Å². The molecule has 0 amide bonds. The molecule has 0 aliphatic carbocycles. The van der Waals surface area contributed by atoms with Crippen LogP contribution in [0.5, 0.6) is 0 Å². The van der Waals surface area contributed by atoms with E-state index in [4.69, 9.17) is 0 Å². The van der Waals surface area contributed by atoms with E-state index in [9.17, 15) is 0 Å². The molecule has 0 radical (unpaired) electrons. The fraction of sp³-hybridized carbons (Fsp3) is 0.778. The van der Waals surface area contributed by atoms with E-state index in [1.165, 1.54) is 0 Å². The van der Waals surface area contributed by atoms with Gasteiger partial charge in [-0.2, -0.15) is 10.2 Å². The van der Waals surface area contributed by atoms with E-state index in [1.807, 2.05) is 19.9 Å². The van der Waals surface area contributed by atoms with Crippen LogP contribution in [0.25, 0.3) is 0 Å². The summed E-state index contributed by atoms with van der Waals surface area (Å²) in [7, 11) is 0. The van der Waals surface area contributed by atoms with Gasteiger partial charge in [-0.1, -0.05) is 19.9 Å². The maximum atomic E-state index is 4.15. The quantitative estimate of drug-likeness (QED) is 0.556. The standard InChI is InChI=1S/C9H18N2/c1-6-8(4)10-11-9(5)7(2)3/h6-7,9H,1-5H3/b8-6-,11-10-. The van der Waals surface area contributed by atoms with Crippen molar-refractivity contribution in [3.05, 3.63) is 11.8 Å². The second-order valence-electron chi connectivity index (χ2n) is 3.13. The van der Waals surface area contributed by atoms with Crippen molar-refractivity contribution in [2.24, 2.45) is 16.1 Å². The third-order valence-corrected chi connectivity index (χ3v) is 1.78. The zero-order chi connectivity index (χ0) is 8.85. The highest BCUT2D eigenvalue weighted by Crippen LogP contribution is 2.07.